The molecule has 0 bridgehead atoms. The molecule has 0 amide bonds. The fraction of sp³-hybridized carbons (Fsp3) is 1.00. The quantitative estimate of drug-likeness (QED) is 0.725. The average molecular weight is 211 g/mol. The Bertz CT molecular complexity index is 179. The Morgan fingerprint density at radius 1 is 0.867 bits per heavy atom. The van der Waals surface area contributed by atoms with E-state index in [0.29, 0.717) is 6.61 Å². The van der Waals surface area contributed by atoms with E-state index in [1.54, 1.807) is 0 Å². The highest BCUT2D eigenvalue weighted by molar-refractivity contribution is 4.85. The standard InChI is InChI=1S/C13H25NO/c15-12-13(7-3-1-2-4-8-13)11-14-9-5-6-10-14/h15H,1-12H2. The molecule has 0 aromatic carbocycles. The second-order valence-corrected chi connectivity index (χ2v) is 5.56. The van der Waals surface area contributed by atoms with Crippen LogP contribution in [-0.4, -0.2) is 36.2 Å². The van der Waals surface area contributed by atoms with E-state index in [9.17, 15) is 5.11 Å². The van der Waals surface area contributed by atoms with Crippen LogP contribution in [0, 0.1) is 5.41 Å². The average Bonchev–Trinajstić information content (AvgIpc) is 2.64. The van der Waals surface area contributed by atoms with Gasteiger partial charge in [0.25, 0.3) is 0 Å². The summed E-state index contributed by atoms with van der Waals surface area (Å²) in [5.41, 5.74) is 0.251. The van der Waals surface area contributed by atoms with E-state index in [-0.39, 0.29) is 5.41 Å². The van der Waals surface area contributed by atoms with Gasteiger partial charge in [0, 0.05) is 18.6 Å². The molecule has 1 aliphatic carbocycles. The minimum absolute atomic E-state index is 0.251. The van der Waals surface area contributed by atoms with Gasteiger partial charge in [-0.25, -0.2) is 0 Å². The van der Waals surface area contributed by atoms with Crippen LogP contribution < -0.4 is 0 Å². The number of hydrogen-bond donors (Lipinski definition) is 1. The van der Waals surface area contributed by atoms with E-state index < -0.39 is 0 Å². The molecule has 15 heavy (non-hydrogen) atoms. The largest absolute Gasteiger partial charge is 0.396 e. The van der Waals surface area contributed by atoms with Crippen LogP contribution in [0.25, 0.3) is 0 Å². The Morgan fingerprint density at radius 3 is 2.00 bits per heavy atom. The number of aliphatic hydroxyl groups excluding tert-OH is 1. The van der Waals surface area contributed by atoms with Crippen molar-refractivity contribution in [3.63, 3.8) is 0 Å². The van der Waals surface area contributed by atoms with E-state index in [4.69, 9.17) is 0 Å². The minimum Gasteiger partial charge on any atom is -0.396 e. The Balaban J connectivity index is 1.92. The summed E-state index contributed by atoms with van der Waals surface area (Å²) in [6, 6.07) is 0. The molecule has 0 radical (unpaired) electrons. The summed E-state index contributed by atoms with van der Waals surface area (Å²) >= 11 is 0. The number of likely N-dealkylation sites (tertiary alicyclic amines) is 1. The van der Waals surface area contributed by atoms with Gasteiger partial charge in [-0.3, -0.25) is 0 Å². The van der Waals surface area contributed by atoms with Crippen LogP contribution in [0.5, 0.6) is 0 Å². The first-order chi connectivity index (χ1) is 7.35. The summed E-state index contributed by atoms with van der Waals surface area (Å²) in [5, 5.41) is 9.70. The van der Waals surface area contributed by atoms with Crippen LogP contribution in [0.1, 0.15) is 51.4 Å². The van der Waals surface area contributed by atoms with Crippen LogP contribution >= 0.6 is 0 Å². The molecule has 1 saturated heterocycles. The van der Waals surface area contributed by atoms with Crippen LogP contribution in [0.4, 0.5) is 0 Å². The second-order valence-electron chi connectivity index (χ2n) is 5.56. The van der Waals surface area contributed by atoms with Gasteiger partial charge in [-0.1, -0.05) is 25.7 Å². The smallest absolute Gasteiger partial charge is 0.0499 e. The van der Waals surface area contributed by atoms with Gasteiger partial charge in [0.15, 0.2) is 0 Å². The molecule has 2 heteroatoms. The maximum absolute atomic E-state index is 9.70. The van der Waals surface area contributed by atoms with E-state index in [0.717, 1.165) is 6.54 Å². The molecular formula is C13H25NO. The molecule has 0 aromatic heterocycles. The molecule has 2 aliphatic rings. The molecule has 88 valence electrons. The predicted molar refractivity (Wildman–Crippen MR) is 62.9 cm³/mol. The minimum atomic E-state index is 0.251. The topological polar surface area (TPSA) is 23.5 Å². The lowest BCUT2D eigenvalue weighted by atomic mass is 9.80. The maximum atomic E-state index is 9.70. The van der Waals surface area contributed by atoms with E-state index >= 15 is 0 Å². The first kappa shape index (κ1) is 11.4. The molecule has 2 nitrogen and oxygen atoms in total. The number of nitrogens with zero attached hydrogens (tertiary/aromatic N) is 1. The van der Waals surface area contributed by atoms with Crippen molar-refractivity contribution in [2.75, 3.05) is 26.2 Å². The number of aliphatic hydroxyl groups is 1. The number of rotatable bonds is 3. The SMILES string of the molecule is OCC1(CN2CCCC2)CCCCCC1. The van der Waals surface area contributed by atoms with Gasteiger partial charge in [-0.05, 0) is 38.8 Å². The van der Waals surface area contributed by atoms with E-state index in [1.165, 1.54) is 64.5 Å². The van der Waals surface area contributed by atoms with Crippen LogP contribution in [0.3, 0.4) is 0 Å². The number of hydrogen-bond acceptors (Lipinski definition) is 2. The van der Waals surface area contributed by atoms with Crippen molar-refractivity contribution >= 4 is 0 Å². The lowest BCUT2D eigenvalue weighted by Crippen LogP contribution is -2.38. The summed E-state index contributed by atoms with van der Waals surface area (Å²) < 4.78 is 0. The Labute approximate surface area is 93.7 Å². The predicted octanol–water partition coefficient (Wildman–Crippen LogP) is 2.42. The fourth-order valence-corrected chi connectivity index (χ4v) is 3.26. The van der Waals surface area contributed by atoms with Gasteiger partial charge in [0.2, 0.25) is 0 Å². The van der Waals surface area contributed by atoms with Crippen molar-refractivity contribution in [3.8, 4) is 0 Å². The maximum Gasteiger partial charge on any atom is 0.0499 e. The monoisotopic (exact) mass is 211 g/mol. The van der Waals surface area contributed by atoms with Crippen molar-refractivity contribution in [1.29, 1.82) is 0 Å². The molecule has 0 unspecified atom stereocenters. The third kappa shape index (κ3) is 2.94. The van der Waals surface area contributed by atoms with Gasteiger partial charge in [0.05, 0.1) is 0 Å². The third-order valence-electron chi connectivity index (χ3n) is 4.26. The zero-order valence-corrected chi connectivity index (χ0v) is 9.88. The molecule has 2 fully saturated rings. The fourth-order valence-electron chi connectivity index (χ4n) is 3.26. The summed E-state index contributed by atoms with van der Waals surface area (Å²) in [7, 11) is 0. The van der Waals surface area contributed by atoms with Crippen LogP contribution in [0.2, 0.25) is 0 Å². The molecule has 1 heterocycles. The molecule has 1 aliphatic heterocycles. The molecule has 1 N–H and O–H groups in total. The van der Waals surface area contributed by atoms with Crippen molar-refractivity contribution in [2.24, 2.45) is 5.41 Å². The van der Waals surface area contributed by atoms with Gasteiger partial charge in [-0.15, -0.1) is 0 Å². The molecule has 2 rings (SSSR count). The zero-order valence-electron chi connectivity index (χ0n) is 9.88. The lowest BCUT2D eigenvalue weighted by molar-refractivity contribution is 0.0681. The Morgan fingerprint density at radius 2 is 1.47 bits per heavy atom. The molecule has 0 atom stereocenters. The van der Waals surface area contributed by atoms with Crippen molar-refractivity contribution in [3.05, 3.63) is 0 Å². The van der Waals surface area contributed by atoms with E-state index in [1.807, 2.05) is 0 Å². The summed E-state index contributed by atoms with van der Waals surface area (Å²) in [5.74, 6) is 0. The van der Waals surface area contributed by atoms with Gasteiger partial charge in [-0.2, -0.15) is 0 Å². The van der Waals surface area contributed by atoms with Gasteiger partial charge in [0.1, 0.15) is 0 Å². The highest BCUT2D eigenvalue weighted by atomic mass is 16.3. The normalized spacial score (nSPS) is 27.8. The second kappa shape index (κ2) is 5.31. The van der Waals surface area contributed by atoms with Crippen molar-refractivity contribution in [1.82, 2.24) is 4.90 Å². The Kier molecular flexibility index (Phi) is 4.04. The van der Waals surface area contributed by atoms with Crippen molar-refractivity contribution in [2.45, 2.75) is 51.4 Å². The molecule has 0 spiro atoms. The van der Waals surface area contributed by atoms with Crippen LogP contribution in [0.15, 0.2) is 0 Å². The van der Waals surface area contributed by atoms with Crippen LogP contribution in [-0.2, 0) is 0 Å². The van der Waals surface area contributed by atoms with Crippen molar-refractivity contribution < 1.29 is 5.11 Å². The molecule has 0 aromatic rings. The highest BCUT2D eigenvalue weighted by Crippen LogP contribution is 2.36. The summed E-state index contributed by atoms with van der Waals surface area (Å²) in [6.45, 7) is 4.09. The zero-order chi connectivity index (χ0) is 10.6. The Hall–Kier alpha value is -0.0800. The third-order valence-corrected chi connectivity index (χ3v) is 4.26. The molecular weight excluding hydrogens is 186 g/mol. The summed E-state index contributed by atoms with van der Waals surface area (Å²) in [6.07, 6.45) is 10.6. The van der Waals surface area contributed by atoms with Gasteiger partial charge < -0.3 is 10.0 Å². The lowest BCUT2D eigenvalue weighted by Gasteiger charge is -2.34. The highest BCUT2D eigenvalue weighted by Gasteiger charge is 2.32. The first-order valence-electron chi connectivity index (χ1n) is 6.68. The summed E-state index contributed by atoms with van der Waals surface area (Å²) in [4.78, 5) is 2.57. The van der Waals surface area contributed by atoms with E-state index in [2.05, 4.69) is 4.90 Å². The first-order valence-corrected chi connectivity index (χ1v) is 6.68. The van der Waals surface area contributed by atoms with Gasteiger partial charge >= 0.3 is 0 Å². The molecule has 1 saturated carbocycles.